The minimum atomic E-state index is -2.52. The van der Waals surface area contributed by atoms with Crippen molar-refractivity contribution < 1.29 is 29.6 Å². The van der Waals surface area contributed by atoms with Gasteiger partial charge in [0.05, 0.1) is 0 Å². The number of ether oxygens (including phenoxy) is 1. The first-order chi connectivity index (χ1) is 14.1. The average molecular weight is 418 g/mol. The number of nitrogens with one attached hydrogen (secondary N) is 1. The smallest absolute Gasteiger partial charge is 0.326 e. The normalized spacial score (nSPS) is 12.7. The fourth-order valence-corrected chi connectivity index (χ4v) is 3.23. The van der Waals surface area contributed by atoms with Crippen LogP contribution in [0.1, 0.15) is 26.3 Å². The van der Waals surface area contributed by atoms with Gasteiger partial charge in [-0.3, -0.25) is 0 Å². The summed E-state index contributed by atoms with van der Waals surface area (Å²) in [5.41, 5.74) is 0.768. The first-order valence-corrected chi connectivity index (χ1v) is 9.96. The molecule has 1 unspecified atom stereocenters. The number of urea groups is 1. The fraction of sp³-hybridized carbons (Fsp3) is 0.455. The van der Waals surface area contributed by atoms with E-state index >= 15 is 0 Å². The number of rotatable bonds is 10. The van der Waals surface area contributed by atoms with Crippen molar-refractivity contribution >= 4 is 22.8 Å². The molecule has 0 aromatic heterocycles. The zero-order valence-corrected chi connectivity index (χ0v) is 17.5. The summed E-state index contributed by atoms with van der Waals surface area (Å²) in [6, 6.07) is 11.5. The van der Waals surface area contributed by atoms with E-state index in [0.29, 0.717) is 0 Å². The van der Waals surface area contributed by atoms with Crippen molar-refractivity contribution in [2.24, 2.45) is 5.92 Å². The summed E-state index contributed by atoms with van der Waals surface area (Å²) in [6.07, 6.45) is 0.0935. The van der Waals surface area contributed by atoms with Crippen LogP contribution in [-0.2, 0) is 16.0 Å². The molecule has 30 heavy (non-hydrogen) atoms. The van der Waals surface area contributed by atoms with E-state index in [0.717, 1.165) is 21.2 Å². The summed E-state index contributed by atoms with van der Waals surface area (Å²) in [5, 5.41) is 34.0. The molecule has 0 aliphatic rings. The third-order valence-electron chi connectivity index (χ3n) is 4.49. The molecular weight excluding hydrogens is 388 g/mol. The molecule has 0 bridgehead atoms. The minimum absolute atomic E-state index is 0.0249. The summed E-state index contributed by atoms with van der Waals surface area (Å²) in [5.74, 6) is -3.67. The SMILES string of the molecule is CCOC(O)(O)CN(CC(C)C)C(=O)NC(Cc1ccc2ccccc2c1)C(=O)O. The topological polar surface area (TPSA) is 119 Å². The molecule has 164 valence electrons. The number of fused-ring (bicyclic) bond motifs is 1. The Morgan fingerprint density at radius 2 is 1.80 bits per heavy atom. The van der Waals surface area contributed by atoms with Gasteiger partial charge in [-0.1, -0.05) is 56.3 Å². The van der Waals surface area contributed by atoms with Gasteiger partial charge in [0, 0.05) is 19.6 Å². The van der Waals surface area contributed by atoms with E-state index in [1.807, 2.05) is 56.3 Å². The van der Waals surface area contributed by atoms with E-state index in [1.165, 1.54) is 0 Å². The maximum atomic E-state index is 12.8. The number of carbonyl (C=O) groups is 2. The number of aliphatic carboxylic acids is 1. The molecule has 4 N–H and O–H groups in total. The minimum Gasteiger partial charge on any atom is -0.480 e. The van der Waals surface area contributed by atoms with Crippen molar-refractivity contribution in [2.75, 3.05) is 19.7 Å². The molecule has 8 nitrogen and oxygen atoms in total. The Labute approximate surface area is 176 Å². The maximum Gasteiger partial charge on any atom is 0.326 e. The van der Waals surface area contributed by atoms with Crippen molar-refractivity contribution in [3.05, 3.63) is 48.0 Å². The van der Waals surface area contributed by atoms with E-state index < -0.39 is 30.6 Å². The molecule has 0 aliphatic heterocycles. The molecule has 0 fully saturated rings. The Hall–Kier alpha value is -2.68. The molecule has 0 saturated carbocycles. The van der Waals surface area contributed by atoms with Crippen molar-refractivity contribution in [1.82, 2.24) is 10.2 Å². The number of hydrogen-bond acceptors (Lipinski definition) is 5. The highest BCUT2D eigenvalue weighted by atomic mass is 16.8. The van der Waals surface area contributed by atoms with Gasteiger partial charge in [-0.25, -0.2) is 9.59 Å². The van der Waals surface area contributed by atoms with E-state index in [-0.39, 0.29) is 25.5 Å². The Morgan fingerprint density at radius 1 is 1.13 bits per heavy atom. The number of carboxylic acid groups (broad SMARTS) is 1. The lowest BCUT2D eigenvalue weighted by atomic mass is 10.0. The Morgan fingerprint density at radius 3 is 2.40 bits per heavy atom. The predicted molar refractivity (Wildman–Crippen MR) is 113 cm³/mol. The maximum absolute atomic E-state index is 12.8. The molecule has 2 amide bonds. The monoisotopic (exact) mass is 418 g/mol. The molecule has 8 heteroatoms. The van der Waals surface area contributed by atoms with Crippen molar-refractivity contribution in [1.29, 1.82) is 0 Å². The van der Waals surface area contributed by atoms with Crippen LogP contribution in [-0.4, -0.2) is 63.9 Å². The van der Waals surface area contributed by atoms with Gasteiger partial charge in [0.1, 0.15) is 12.6 Å². The van der Waals surface area contributed by atoms with Gasteiger partial charge >= 0.3 is 12.0 Å². The van der Waals surface area contributed by atoms with Gasteiger partial charge in [0.25, 0.3) is 5.97 Å². The molecule has 2 aromatic rings. The van der Waals surface area contributed by atoms with Crippen LogP contribution in [0.3, 0.4) is 0 Å². The third-order valence-corrected chi connectivity index (χ3v) is 4.49. The van der Waals surface area contributed by atoms with Gasteiger partial charge < -0.3 is 30.3 Å². The summed E-state index contributed by atoms with van der Waals surface area (Å²) < 4.78 is 4.85. The van der Waals surface area contributed by atoms with Gasteiger partial charge in [-0.15, -0.1) is 0 Å². The van der Waals surface area contributed by atoms with Crippen LogP contribution in [0.2, 0.25) is 0 Å². The van der Waals surface area contributed by atoms with E-state index in [2.05, 4.69) is 5.32 Å². The van der Waals surface area contributed by atoms with Gasteiger partial charge in [-0.05, 0) is 29.2 Å². The second-order valence-corrected chi connectivity index (χ2v) is 7.68. The number of nitrogens with zero attached hydrogens (tertiary/aromatic N) is 1. The number of hydrogen-bond donors (Lipinski definition) is 4. The average Bonchev–Trinajstić information content (AvgIpc) is 2.66. The second-order valence-electron chi connectivity index (χ2n) is 7.68. The molecule has 0 aliphatic carbocycles. The van der Waals surface area contributed by atoms with Crippen LogP contribution in [0.5, 0.6) is 0 Å². The molecule has 2 aromatic carbocycles. The van der Waals surface area contributed by atoms with Gasteiger partial charge in [0.15, 0.2) is 0 Å². The lowest BCUT2D eigenvalue weighted by Crippen LogP contribution is -2.54. The molecule has 0 heterocycles. The molecule has 2 rings (SSSR count). The number of aliphatic hydroxyl groups is 2. The summed E-state index contributed by atoms with van der Waals surface area (Å²) in [7, 11) is 0. The molecular formula is C22H30N2O6. The Balaban J connectivity index is 2.15. The highest BCUT2D eigenvalue weighted by molar-refractivity contribution is 5.85. The Kier molecular flexibility index (Phi) is 8.16. The van der Waals surface area contributed by atoms with Crippen LogP contribution < -0.4 is 5.32 Å². The largest absolute Gasteiger partial charge is 0.480 e. The van der Waals surface area contributed by atoms with Crippen molar-refractivity contribution in [2.45, 2.75) is 39.2 Å². The summed E-state index contributed by atoms with van der Waals surface area (Å²) in [6.45, 7) is 5.06. The third kappa shape index (κ3) is 6.98. The van der Waals surface area contributed by atoms with Gasteiger partial charge in [0.2, 0.25) is 0 Å². The molecule has 0 spiro atoms. The zero-order chi connectivity index (χ0) is 22.3. The lowest BCUT2D eigenvalue weighted by Gasteiger charge is -2.31. The number of amides is 2. The lowest BCUT2D eigenvalue weighted by molar-refractivity contribution is -0.338. The van der Waals surface area contributed by atoms with Crippen molar-refractivity contribution in [3.8, 4) is 0 Å². The summed E-state index contributed by atoms with van der Waals surface area (Å²) in [4.78, 5) is 25.7. The standard InChI is InChI=1S/C22H30N2O6/c1-4-30-22(28,29)14-24(13-15(2)3)21(27)23-19(20(25)26)12-16-9-10-17-7-5-6-8-18(17)11-16/h5-11,15,19,28-29H,4,12-14H2,1-3H3,(H,23,27)(H,25,26). The first kappa shape index (κ1) is 23.6. The van der Waals surface area contributed by atoms with Crippen molar-refractivity contribution in [3.63, 3.8) is 0 Å². The summed E-state index contributed by atoms with van der Waals surface area (Å²) >= 11 is 0. The fourth-order valence-electron chi connectivity index (χ4n) is 3.23. The van der Waals surface area contributed by atoms with Crippen LogP contribution in [0.4, 0.5) is 4.79 Å². The zero-order valence-electron chi connectivity index (χ0n) is 17.5. The quantitative estimate of drug-likeness (QED) is 0.439. The van der Waals surface area contributed by atoms with E-state index in [1.54, 1.807) is 6.92 Å². The Bertz CT molecular complexity index is 868. The number of carboxylic acids is 1. The number of benzene rings is 2. The highest BCUT2D eigenvalue weighted by Gasteiger charge is 2.32. The van der Waals surface area contributed by atoms with Crippen LogP contribution >= 0.6 is 0 Å². The second kappa shape index (κ2) is 10.4. The van der Waals surface area contributed by atoms with E-state index in [4.69, 9.17) is 4.74 Å². The van der Waals surface area contributed by atoms with Crippen LogP contribution in [0.25, 0.3) is 10.8 Å². The number of carbonyl (C=O) groups excluding carboxylic acids is 1. The molecule has 1 atom stereocenters. The van der Waals surface area contributed by atoms with Crippen LogP contribution in [0, 0.1) is 5.92 Å². The molecule has 0 radical (unpaired) electrons. The van der Waals surface area contributed by atoms with Gasteiger partial charge in [-0.2, -0.15) is 0 Å². The first-order valence-electron chi connectivity index (χ1n) is 9.96. The highest BCUT2D eigenvalue weighted by Crippen LogP contribution is 2.17. The van der Waals surface area contributed by atoms with E-state index in [9.17, 15) is 24.9 Å². The predicted octanol–water partition coefficient (Wildman–Crippen LogP) is 2.18. The molecule has 0 saturated heterocycles. The van der Waals surface area contributed by atoms with Crippen LogP contribution in [0.15, 0.2) is 42.5 Å².